The van der Waals surface area contributed by atoms with E-state index < -0.39 is 0 Å². The summed E-state index contributed by atoms with van der Waals surface area (Å²) >= 11 is 0. The quantitative estimate of drug-likeness (QED) is 0.875. The van der Waals surface area contributed by atoms with Crippen molar-refractivity contribution in [1.29, 1.82) is 0 Å². The van der Waals surface area contributed by atoms with Crippen LogP contribution < -0.4 is 5.32 Å². The molecule has 1 aromatic carbocycles. The molecule has 0 saturated heterocycles. The van der Waals surface area contributed by atoms with Gasteiger partial charge in [-0.2, -0.15) is 0 Å². The molecule has 20 heavy (non-hydrogen) atoms. The van der Waals surface area contributed by atoms with Gasteiger partial charge in [-0.05, 0) is 62.6 Å². The molecule has 2 atom stereocenters. The standard InChI is InChI=1S/C17H22N2O/c1-12-7-8-18-17(9-12)14(3)19-13(2)10-15-5-4-6-16(20)11-15/h4-9,11,13-14,19-20H,10H2,1-3H3. The molecule has 0 aliphatic rings. The number of nitrogens with one attached hydrogen (secondary N) is 1. The Labute approximate surface area is 120 Å². The normalized spacial score (nSPS) is 13.9. The number of aromatic nitrogens is 1. The molecule has 0 radical (unpaired) electrons. The third-order valence-corrected chi connectivity index (χ3v) is 3.37. The maximum atomic E-state index is 9.49. The van der Waals surface area contributed by atoms with E-state index in [1.807, 2.05) is 30.5 Å². The highest BCUT2D eigenvalue weighted by Gasteiger charge is 2.11. The lowest BCUT2D eigenvalue weighted by atomic mass is 10.1. The van der Waals surface area contributed by atoms with Crippen LogP contribution in [0.4, 0.5) is 0 Å². The number of phenols is 1. The Bertz CT molecular complexity index is 568. The minimum atomic E-state index is 0.210. The first-order chi connectivity index (χ1) is 9.54. The SMILES string of the molecule is Cc1ccnc(C(C)NC(C)Cc2cccc(O)c2)c1. The second-order valence-corrected chi connectivity index (χ2v) is 5.42. The van der Waals surface area contributed by atoms with Crippen molar-refractivity contribution in [2.75, 3.05) is 0 Å². The highest BCUT2D eigenvalue weighted by Crippen LogP contribution is 2.15. The first kappa shape index (κ1) is 14.5. The molecule has 0 bridgehead atoms. The van der Waals surface area contributed by atoms with E-state index in [0.29, 0.717) is 11.8 Å². The molecule has 106 valence electrons. The third-order valence-electron chi connectivity index (χ3n) is 3.37. The Morgan fingerprint density at radius 2 is 2.00 bits per heavy atom. The fourth-order valence-corrected chi connectivity index (χ4v) is 2.40. The molecule has 0 saturated carbocycles. The van der Waals surface area contributed by atoms with Gasteiger partial charge in [-0.1, -0.05) is 12.1 Å². The number of pyridine rings is 1. The van der Waals surface area contributed by atoms with Crippen molar-refractivity contribution in [3.05, 3.63) is 59.4 Å². The van der Waals surface area contributed by atoms with E-state index in [1.54, 1.807) is 6.07 Å². The van der Waals surface area contributed by atoms with Crippen LogP contribution >= 0.6 is 0 Å². The van der Waals surface area contributed by atoms with Gasteiger partial charge >= 0.3 is 0 Å². The summed E-state index contributed by atoms with van der Waals surface area (Å²) in [5.41, 5.74) is 3.42. The lowest BCUT2D eigenvalue weighted by Gasteiger charge is -2.20. The van der Waals surface area contributed by atoms with Crippen LogP contribution in [0.25, 0.3) is 0 Å². The van der Waals surface area contributed by atoms with Gasteiger partial charge in [-0.3, -0.25) is 4.98 Å². The number of nitrogens with zero attached hydrogens (tertiary/aromatic N) is 1. The Hall–Kier alpha value is -1.87. The van der Waals surface area contributed by atoms with E-state index >= 15 is 0 Å². The average Bonchev–Trinajstić information content (AvgIpc) is 2.38. The summed E-state index contributed by atoms with van der Waals surface area (Å²) < 4.78 is 0. The maximum absolute atomic E-state index is 9.49. The molecule has 3 heteroatoms. The van der Waals surface area contributed by atoms with Gasteiger partial charge in [0.15, 0.2) is 0 Å². The lowest BCUT2D eigenvalue weighted by molar-refractivity contribution is 0.463. The molecular formula is C17H22N2O. The second-order valence-electron chi connectivity index (χ2n) is 5.42. The van der Waals surface area contributed by atoms with Gasteiger partial charge in [0.05, 0.1) is 5.69 Å². The fourth-order valence-electron chi connectivity index (χ4n) is 2.40. The number of aryl methyl sites for hydroxylation is 1. The van der Waals surface area contributed by atoms with Crippen LogP contribution in [0.1, 0.15) is 36.7 Å². The Morgan fingerprint density at radius 3 is 2.70 bits per heavy atom. The zero-order valence-corrected chi connectivity index (χ0v) is 12.3. The van der Waals surface area contributed by atoms with Crippen molar-refractivity contribution in [1.82, 2.24) is 10.3 Å². The number of hydrogen-bond donors (Lipinski definition) is 2. The van der Waals surface area contributed by atoms with Gasteiger partial charge in [-0.15, -0.1) is 0 Å². The molecule has 2 rings (SSSR count). The molecule has 0 fully saturated rings. The third kappa shape index (κ3) is 4.07. The first-order valence-corrected chi connectivity index (χ1v) is 7.01. The smallest absolute Gasteiger partial charge is 0.115 e. The lowest BCUT2D eigenvalue weighted by Crippen LogP contribution is -2.31. The van der Waals surface area contributed by atoms with E-state index in [1.165, 1.54) is 5.56 Å². The predicted molar refractivity (Wildman–Crippen MR) is 81.8 cm³/mol. The Kier molecular flexibility index (Phi) is 4.74. The van der Waals surface area contributed by atoms with Crippen LogP contribution in [0.2, 0.25) is 0 Å². The van der Waals surface area contributed by atoms with Crippen LogP contribution in [-0.4, -0.2) is 16.1 Å². The van der Waals surface area contributed by atoms with E-state index in [9.17, 15) is 5.11 Å². The molecule has 0 spiro atoms. The largest absolute Gasteiger partial charge is 0.508 e. The molecule has 3 nitrogen and oxygen atoms in total. The number of aromatic hydroxyl groups is 1. The minimum Gasteiger partial charge on any atom is -0.508 e. The van der Waals surface area contributed by atoms with Gasteiger partial charge in [0.1, 0.15) is 5.75 Å². The summed E-state index contributed by atoms with van der Waals surface area (Å²) in [5.74, 6) is 0.322. The number of hydrogen-bond acceptors (Lipinski definition) is 3. The van der Waals surface area contributed by atoms with Crippen molar-refractivity contribution in [2.24, 2.45) is 0 Å². The van der Waals surface area contributed by atoms with Gasteiger partial charge < -0.3 is 10.4 Å². The Balaban J connectivity index is 1.95. The minimum absolute atomic E-state index is 0.210. The van der Waals surface area contributed by atoms with Crippen LogP contribution in [0.5, 0.6) is 5.75 Å². The van der Waals surface area contributed by atoms with E-state index in [4.69, 9.17) is 0 Å². The van der Waals surface area contributed by atoms with Crippen LogP contribution in [0.15, 0.2) is 42.6 Å². The zero-order valence-electron chi connectivity index (χ0n) is 12.3. The molecule has 0 amide bonds. The molecule has 1 heterocycles. The van der Waals surface area contributed by atoms with Crippen molar-refractivity contribution >= 4 is 0 Å². The summed E-state index contributed by atoms with van der Waals surface area (Å²) in [5, 5.41) is 13.0. The molecule has 0 aliphatic heterocycles. The molecule has 0 aliphatic carbocycles. The number of phenolic OH excluding ortho intramolecular Hbond substituents is 1. The summed E-state index contributed by atoms with van der Waals surface area (Å²) in [6, 6.07) is 12.1. The fraction of sp³-hybridized carbons (Fsp3) is 0.353. The predicted octanol–water partition coefficient (Wildman–Crippen LogP) is 3.38. The molecule has 2 N–H and O–H groups in total. The average molecular weight is 270 g/mol. The monoisotopic (exact) mass is 270 g/mol. The van der Waals surface area contributed by atoms with Gasteiger partial charge in [0, 0.05) is 18.3 Å². The highest BCUT2D eigenvalue weighted by molar-refractivity contribution is 5.27. The van der Waals surface area contributed by atoms with E-state index in [-0.39, 0.29) is 6.04 Å². The maximum Gasteiger partial charge on any atom is 0.115 e. The van der Waals surface area contributed by atoms with Gasteiger partial charge in [0.2, 0.25) is 0 Å². The topological polar surface area (TPSA) is 45.2 Å². The van der Waals surface area contributed by atoms with Crippen LogP contribution in [0.3, 0.4) is 0 Å². The van der Waals surface area contributed by atoms with E-state index in [2.05, 4.69) is 37.1 Å². The number of benzene rings is 1. The second kappa shape index (κ2) is 6.53. The van der Waals surface area contributed by atoms with Gasteiger partial charge in [-0.25, -0.2) is 0 Å². The summed E-state index contributed by atoms with van der Waals surface area (Å²) in [4.78, 5) is 4.41. The molecule has 2 aromatic rings. The van der Waals surface area contributed by atoms with Crippen molar-refractivity contribution in [2.45, 2.75) is 39.3 Å². The summed E-state index contributed by atoms with van der Waals surface area (Å²) in [6.07, 6.45) is 2.73. The Morgan fingerprint density at radius 1 is 1.20 bits per heavy atom. The van der Waals surface area contributed by atoms with Crippen LogP contribution in [-0.2, 0) is 6.42 Å². The van der Waals surface area contributed by atoms with Gasteiger partial charge in [0.25, 0.3) is 0 Å². The molecule has 1 aromatic heterocycles. The van der Waals surface area contributed by atoms with Crippen molar-refractivity contribution in [3.63, 3.8) is 0 Å². The van der Waals surface area contributed by atoms with E-state index in [0.717, 1.165) is 17.7 Å². The van der Waals surface area contributed by atoms with Crippen molar-refractivity contribution < 1.29 is 5.11 Å². The molecular weight excluding hydrogens is 248 g/mol. The highest BCUT2D eigenvalue weighted by atomic mass is 16.3. The first-order valence-electron chi connectivity index (χ1n) is 7.01. The zero-order chi connectivity index (χ0) is 14.5. The summed E-state index contributed by atoms with van der Waals surface area (Å²) in [7, 11) is 0. The van der Waals surface area contributed by atoms with Crippen molar-refractivity contribution in [3.8, 4) is 5.75 Å². The molecule has 2 unspecified atom stereocenters. The summed E-state index contributed by atoms with van der Waals surface area (Å²) in [6.45, 7) is 6.35. The number of rotatable bonds is 5. The van der Waals surface area contributed by atoms with Crippen LogP contribution in [0, 0.1) is 6.92 Å².